The van der Waals surface area contributed by atoms with E-state index in [0.29, 0.717) is 0 Å². The SMILES string of the molecule is COc1cccc(CN(C)c2nccn3cnnc23)c1. The van der Waals surface area contributed by atoms with Gasteiger partial charge >= 0.3 is 0 Å². The molecule has 3 rings (SSSR count). The summed E-state index contributed by atoms with van der Waals surface area (Å²) < 4.78 is 7.09. The maximum absolute atomic E-state index is 5.24. The Morgan fingerprint density at radius 2 is 2.25 bits per heavy atom. The van der Waals surface area contributed by atoms with E-state index in [4.69, 9.17) is 4.74 Å². The van der Waals surface area contributed by atoms with E-state index in [1.165, 1.54) is 0 Å². The zero-order valence-corrected chi connectivity index (χ0v) is 11.4. The van der Waals surface area contributed by atoms with Crippen LogP contribution in [0.4, 0.5) is 5.82 Å². The minimum Gasteiger partial charge on any atom is -0.497 e. The average Bonchev–Trinajstić information content (AvgIpc) is 2.95. The van der Waals surface area contributed by atoms with E-state index in [1.54, 1.807) is 19.6 Å². The molecule has 6 heteroatoms. The summed E-state index contributed by atoms with van der Waals surface area (Å²) in [5, 5.41) is 8.00. The summed E-state index contributed by atoms with van der Waals surface area (Å²) >= 11 is 0. The highest BCUT2D eigenvalue weighted by atomic mass is 16.5. The van der Waals surface area contributed by atoms with Crippen LogP contribution in [0.5, 0.6) is 5.75 Å². The molecular weight excluding hydrogens is 254 g/mol. The zero-order chi connectivity index (χ0) is 13.9. The molecule has 0 atom stereocenters. The Labute approximate surface area is 116 Å². The second-order valence-electron chi connectivity index (χ2n) is 4.52. The number of anilines is 1. The van der Waals surface area contributed by atoms with Gasteiger partial charge < -0.3 is 9.64 Å². The van der Waals surface area contributed by atoms with Crippen molar-refractivity contribution < 1.29 is 4.74 Å². The second-order valence-corrected chi connectivity index (χ2v) is 4.52. The number of hydrogen-bond acceptors (Lipinski definition) is 5. The molecule has 20 heavy (non-hydrogen) atoms. The lowest BCUT2D eigenvalue weighted by Gasteiger charge is -2.18. The molecule has 2 heterocycles. The van der Waals surface area contributed by atoms with Crippen molar-refractivity contribution in [2.24, 2.45) is 0 Å². The lowest BCUT2D eigenvalue weighted by atomic mass is 10.2. The van der Waals surface area contributed by atoms with Crippen LogP contribution < -0.4 is 9.64 Å². The second kappa shape index (κ2) is 5.16. The van der Waals surface area contributed by atoms with Gasteiger partial charge in [0.1, 0.15) is 12.1 Å². The van der Waals surface area contributed by atoms with Gasteiger partial charge in [0.05, 0.1) is 7.11 Å². The number of rotatable bonds is 4. The van der Waals surface area contributed by atoms with Crippen molar-refractivity contribution in [3.8, 4) is 5.75 Å². The summed E-state index contributed by atoms with van der Waals surface area (Å²) in [5.74, 6) is 1.65. The monoisotopic (exact) mass is 269 g/mol. The Hall–Kier alpha value is -2.63. The number of benzene rings is 1. The third kappa shape index (κ3) is 2.27. The number of ether oxygens (including phenoxy) is 1. The Kier molecular flexibility index (Phi) is 3.20. The first-order chi connectivity index (χ1) is 9.78. The van der Waals surface area contributed by atoms with Crippen LogP contribution in [-0.4, -0.2) is 33.7 Å². The van der Waals surface area contributed by atoms with Crippen molar-refractivity contribution in [3.05, 3.63) is 48.5 Å². The van der Waals surface area contributed by atoms with Gasteiger partial charge in [0, 0.05) is 26.0 Å². The van der Waals surface area contributed by atoms with Crippen molar-refractivity contribution in [2.75, 3.05) is 19.1 Å². The predicted octanol–water partition coefficient (Wildman–Crippen LogP) is 1.77. The molecule has 3 aromatic rings. The van der Waals surface area contributed by atoms with Gasteiger partial charge in [-0.1, -0.05) is 12.1 Å². The Morgan fingerprint density at radius 3 is 3.10 bits per heavy atom. The van der Waals surface area contributed by atoms with E-state index < -0.39 is 0 Å². The average molecular weight is 269 g/mol. The van der Waals surface area contributed by atoms with Gasteiger partial charge in [0.2, 0.25) is 5.65 Å². The normalized spacial score (nSPS) is 10.7. The van der Waals surface area contributed by atoms with Crippen LogP contribution in [0.2, 0.25) is 0 Å². The Bertz CT molecular complexity index is 724. The van der Waals surface area contributed by atoms with Crippen molar-refractivity contribution >= 4 is 11.5 Å². The first-order valence-electron chi connectivity index (χ1n) is 6.26. The van der Waals surface area contributed by atoms with Gasteiger partial charge in [-0.3, -0.25) is 4.40 Å². The number of hydrogen-bond donors (Lipinski definition) is 0. The molecule has 6 nitrogen and oxygen atoms in total. The minimum atomic E-state index is 0.719. The summed E-state index contributed by atoms with van der Waals surface area (Å²) in [4.78, 5) is 6.43. The van der Waals surface area contributed by atoms with Crippen LogP contribution in [-0.2, 0) is 6.54 Å². The standard InChI is InChI=1S/C14H15N5O/c1-18(9-11-4-3-5-12(8-11)20-2)13-14-17-16-10-19(14)7-6-15-13/h3-8,10H,9H2,1-2H3. The van der Waals surface area contributed by atoms with E-state index in [0.717, 1.165) is 29.3 Å². The summed E-state index contributed by atoms with van der Waals surface area (Å²) in [7, 11) is 3.65. The maximum atomic E-state index is 5.24. The predicted molar refractivity (Wildman–Crippen MR) is 75.9 cm³/mol. The number of aromatic nitrogens is 4. The highest BCUT2D eigenvalue weighted by Gasteiger charge is 2.10. The van der Waals surface area contributed by atoms with Gasteiger partial charge in [-0.15, -0.1) is 10.2 Å². The fourth-order valence-corrected chi connectivity index (χ4v) is 2.13. The summed E-state index contributed by atoms with van der Waals surface area (Å²) in [6.07, 6.45) is 5.24. The molecule has 0 saturated heterocycles. The maximum Gasteiger partial charge on any atom is 0.203 e. The third-order valence-corrected chi connectivity index (χ3v) is 3.11. The number of methoxy groups -OCH3 is 1. The van der Waals surface area contributed by atoms with Crippen molar-refractivity contribution in [2.45, 2.75) is 6.54 Å². The van der Waals surface area contributed by atoms with Gasteiger partial charge in [-0.05, 0) is 17.7 Å². The van der Waals surface area contributed by atoms with E-state index in [9.17, 15) is 0 Å². The van der Waals surface area contributed by atoms with E-state index in [1.807, 2.05) is 40.7 Å². The molecule has 0 saturated carbocycles. The summed E-state index contributed by atoms with van der Waals surface area (Å²) in [5.41, 5.74) is 1.90. The molecule has 2 aromatic heterocycles. The highest BCUT2D eigenvalue weighted by Crippen LogP contribution is 2.19. The van der Waals surface area contributed by atoms with Gasteiger partial charge in [-0.2, -0.15) is 0 Å². The van der Waals surface area contributed by atoms with Crippen LogP contribution >= 0.6 is 0 Å². The van der Waals surface area contributed by atoms with Crippen molar-refractivity contribution in [3.63, 3.8) is 0 Å². The molecule has 0 unspecified atom stereocenters. The Balaban J connectivity index is 1.88. The Morgan fingerprint density at radius 1 is 1.35 bits per heavy atom. The minimum absolute atomic E-state index is 0.719. The molecule has 0 spiro atoms. The molecule has 102 valence electrons. The van der Waals surface area contributed by atoms with Gasteiger partial charge in [0.15, 0.2) is 5.82 Å². The summed E-state index contributed by atoms with van der Waals surface area (Å²) in [6, 6.07) is 7.98. The first-order valence-corrected chi connectivity index (χ1v) is 6.26. The van der Waals surface area contributed by atoms with Crippen LogP contribution in [0, 0.1) is 0 Å². The van der Waals surface area contributed by atoms with Crippen LogP contribution in [0.3, 0.4) is 0 Å². The number of nitrogens with zero attached hydrogens (tertiary/aromatic N) is 5. The quantitative estimate of drug-likeness (QED) is 0.722. The number of fused-ring (bicyclic) bond motifs is 1. The molecule has 0 radical (unpaired) electrons. The molecule has 0 aliphatic heterocycles. The largest absolute Gasteiger partial charge is 0.497 e. The fourth-order valence-electron chi connectivity index (χ4n) is 2.13. The molecule has 0 N–H and O–H groups in total. The van der Waals surface area contributed by atoms with E-state index >= 15 is 0 Å². The molecule has 0 fully saturated rings. The van der Waals surface area contributed by atoms with Crippen LogP contribution in [0.15, 0.2) is 43.0 Å². The summed E-state index contributed by atoms with van der Waals surface area (Å²) in [6.45, 7) is 0.719. The van der Waals surface area contributed by atoms with Gasteiger partial charge in [0.25, 0.3) is 0 Å². The smallest absolute Gasteiger partial charge is 0.203 e. The topological polar surface area (TPSA) is 55.5 Å². The molecule has 1 aromatic carbocycles. The van der Waals surface area contributed by atoms with E-state index in [2.05, 4.69) is 21.2 Å². The molecular formula is C14H15N5O. The van der Waals surface area contributed by atoms with E-state index in [-0.39, 0.29) is 0 Å². The fraction of sp³-hybridized carbons (Fsp3) is 0.214. The lowest BCUT2D eigenvalue weighted by molar-refractivity contribution is 0.414. The third-order valence-electron chi connectivity index (χ3n) is 3.11. The molecule has 0 bridgehead atoms. The molecule has 0 aliphatic carbocycles. The van der Waals surface area contributed by atoms with Crippen LogP contribution in [0.25, 0.3) is 5.65 Å². The molecule has 0 amide bonds. The zero-order valence-electron chi connectivity index (χ0n) is 11.4. The first kappa shape index (κ1) is 12.4. The van der Waals surface area contributed by atoms with Crippen LogP contribution in [0.1, 0.15) is 5.56 Å². The molecule has 0 aliphatic rings. The highest BCUT2D eigenvalue weighted by molar-refractivity contribution is 5.62. The van der Waals surface area contributed by atoms with Gasteiger partial charge in [-0.25, -0.2) is 4.98 Å². The van der Waals surface area contributed by atoms with Crippen molar-refractivity contribution in [1.29, 1.82) is 0 Å². The van der Waals surface area contributed by atoms with Crippen molar-refractivity contribution in [1.82, 2.24) is 19.6 Å². The lowest BCUT2D eigenvalue weighted by Crippen LogP contribution is -2.18.